The van der Waals surface area contributed by atoms with Crippen LogP contribution in [0, 0.1) is 5.95 Å². The molecule has 2 saturated heterocycles. The Morgan fingerprint density at radius 1 is 1.41 bits per heavy atom. The first-order valence-electron chi connectivity index (χ1n) is 7.34. The second-order valence-corrected chi connectivity index (χ2v) is 6.79. The van der Waals surface area contributed by atoms with Crippen LogP contribution in [0.2, 0.25) is 0 Å². The standard InChI is InChI=1S/C15H15FN4OS/c16-13-5-8(3-4-17-13)15-18-7-12(22-15)14(21)20-11-6-9-1-2-10(11)19-9/h3-5,7,9-11,19H,1-2,6H2,(H,20,21)/t9-,10+,11-/m1/s1. The summed E-state index contributed by atoms with van der Waals surface area (Å²) in [6.45, 7) is 0. The molecule has 0 aromatic carbocycles. The maximum Gasteiger partial charge on any atom is 0.263 e. The van der Waals surface area contributed by atoms with Crippen LogP contribution in [0.25, 0.3) is 10.6 Å². The highest BCUT2D eigenvalue weighted by molar-refractivity contribution is 7.16. The number of amides is 1. The van der Waals surface area contributed by atoms with Crippen LogP contribution in [0.3, 0.4) is 0 Å². The van der Waals surface area contributed by atoms with E-state index in [1.165, 1.54) is 30.0 Å². The minimum atomic E-state index is -0.549. The summed E-state index contributed by atoms with van der Waals surface area (Å²) in [5.41, 5.74) is 0.637. The van der Waals surface area contributed by atoms with Crippen LogP contribution in [0.5, 0.6) is 0 Å². The van der Waals surface area contributed by atoms with Gasteiger partial charge in [0.1, 0.15) is 9.88 Å². The van der Waals surface area contributed by atoms with Gasteiger partial charge >= 0.3 is 0 Å². The van der Waals surface area contributed by atoms with E-state index in [4.69, 9.17) is 0 Å². The van der Waals surface area contributed by atoms with Gasteiger partial charge in [0, 0.05) is 36.0 Å². The van der Waals surface area contributed by atoms with Crippen molar-refractivity contribution in [1.29, 1.82) is 0 Å². The maximum atomic E-state index is 13.2. The van der Waals surface area contributed by atoms with E-state index in [-0.39, 0.29) is 11.9 Å². The molecule has 1 amide bonds. The Hall–Kier alpha value is -1.86. The second kappa shape index (κ2) is 5.40. The number of carbonyl (C=O) groups is 1. The van der Waals surface area contributed by atoms with Gasteiger partial charge in [0.25, 0.3) is 5.91 Å². The van der Waals surface area contributed by atoms with E-state index in [9.17, 15) is 9.18 Å². The molecule has 5 nitrogen and oxygen atoms in total. The minimum absolute atomic E-state index is 0.0994. The number of fused-ring (bicyclic) bond motifs is 2. The SMILES string of the molecule is O=C(N[C@@H]1C[C@H]2CC[C@@H]1N2)c1cnc(-c2ccnc(F)c2)s1. The van der Waals surface area contributed by atoms with Gasteiger partial charge in [-0.25, -0.2) is 9.97 Å². The summed E-state index contributed by atoms with van der Waals surface area (Å²) in [5.74, 6) is -0.649. The molecule has 2 aliphatic rings. The van der Waals surface area contributed by atoms with E-state index in [0.717, 1.165) is 12.8 Å². The Morgan fingerprint density at radius 2 is 2.32 bits per heavy atom. The van der Waals surface area contributed by atoms with Crippen LogP contribution in [0.15, 0.2) is 24.5 Å². The van der Waals surface area contributed by atoms with Crippen molar-refractivity contribution in [1.82, 2.24) is 20.6 Å². The van der Waals surface area contributed by atoms with Gasteiger partial charge < -0.3 is 10.6 Å². The largest absolute Gasteiger partial charge is 0.347 e. The molecule has 22 heavy (non-hydrogen) atoms. The predicted octanol–water partition coefficient (Wildman–Crippen LogP) is 1.97. The van der Waals surface area contributed by atoms with Crippen molar-refractivity contribution in [3.63, 3.8) is 0 Å². The van der Waals surface area contributed by atoms with Crippen LogP contribution >= 0.6 is 11.3 Å². The number of carbonyl (C=O) groups excluding carboxylic acids is 1. The van der Waals surface area contributed by atoms with Crippen molar-refractivity contribution < 1.29 is 9.18 Å². The van der Waals surface area contributed by atoms with E-state index < -0.39 is 5.95 Å². The number of hydrogen-bond donors (Lipinski definition) is 2. The Labute approximate surface area is 131 Å². The lowest BCUT2D eigenvalue weighted by molar-refractivity contribution is 0.0935. The second-order valence-electron chi connectivity index (χ2n) is 5.76. The molecule has 0 aliphatic carbocycles. The summed E-state index contributed by atoms with van der Waals surface area (Å²) in [6, 6.07) is 4.15. The molecule has 2 aromatic heterocycles. The number of rotatable bonds is 3. The summed E-state index contributed by atoms with van der Waals surface area (Å²) in [6.07, 6.45) is 6.27. The molecule has 0 saturated carbocycles. The molecule has 4 heterocycles. The fraction of sp³-hybridized carbons (Fsp3) is 0.400. The van der Waals surface area contributed by atoms with Gasteiger partial charge in [-0.15, -0.1) is 11.3 Å². The summed E-state index contributed by atoms with van der Waals surface area (Å²) < 4.78 is 13.2. The van der Waals surface area contributed by atoms with E-state index in [2.05, 4.69) is 20.6 Å². The maximum absolute atomic E-state index is 13.2. The molecule has 0 radical (unpaired) electrons. The number of halogens is 1. The normalized spacial score (nSPS) is 26.3. The molecule has 2 aliphatic heterocycles. The minimum Gasteiger partial charge on any atom is -0.347 e. The third-order valence-electron chi connectivity index (χ3n) is 4.32. The Bertz CT molecular complexity index is 719. The predicted molar refractivity (Wildman–Crippen MR) is 81.1 cm³/mol. The molecule has 4 rings (SSSR count). The van der Waals surface area contributed by atoms with Crippen LogP contribution in [0.4, 0.5) is 4.39 Å². The number of hydrogen-bond acceptors (Lipinski definition) is 5. The first-order valence-corrected chi connectivity index (χ1v) is 8.15. The molecule has 114 valence electrons. The molecule has 2 fully saturated rings. The fourth-order valence-electron chi connectivity index (χ4n) is 3.27. The first kappa shape index (κ1) is 13.8. The molecule has 2 aromatic rings. The molecule has 2 bridgehead atoms. The van der Waals surface area contributed by atoms with E-state index in [0.29, 0.717) is 27.5 Å². The molecular formula is C15H15FN4OS. The smallest absolute Gasteiger partial charge is 0.263 e. The average Bonchev–Trinajstić information content (AvgIpc) is 3.23. The lowest BCUT2D eigenvalue weighted by Crippen LogP contribution is -2.42. The van der Waals surface area contributed by atoms with Gasteiger partial charge in [0.05, 0.1) is 6.20 Å². The zero-order chi connectivity index (χ0) is 15.1. The van der Waals surface area contributed by atoms with Crippen LogP contribution in [0.1, 0.15) is 28.9 Å². The summed E-state index contributed by atoms with van der Waals surface area (Å²) in [4.78, 5) is 20.6. The topological polar surface area (TPSA) is 66.9 Å². The van der Waals surface area contributed by atoms with E-state index in [1.807, 2.05) is 0 Å². The molecule has 0 unspecified atom stereocenters. The Kier molecular flexibility index (Phi) is 3.38. The Morgan fingerprint density at radius 3 is 3.05 bits per heavy atom. The number of aromatic nitrogens is 2. The molecule has 3 atom stereocenters. The Balaban J connectivity index is 1.48. The monoisotopic (exact) mass is 318 g/mol. The molecule has 7 heteroatoms. The molecular weight excluding hydrogens is 303 g/mol. The molecule has 2 N–H and O–H groups in total. The van der Waals surface area contributed by atoms with Crippen molar-refractivity contribution in [3.8, 4) is 10.6 Å². The van der Waals surface area contributed by atoms with Gasteiger partial charge in [-0.1, -0.05) is 0 Å². The summed E-state index contributed by atoms with van der Waals surface area (Å²) in [5, 5.41) is 7.20. The third-order valence-corrected chi connectivity index (χ3v) is 5.36. The highest BCUT2D eigenvalue weighted by Crippen LogP contribution is 2.29. The van der Waals surface area contributed by atoms with Crippen molar-refractivity contribution in [3.05, 3.63) is 35.4 Å². The van der Waals surface area contributed by atoms with Crippen LogP contribution < -0.4 is 10.6 Å². The van der Waals surface area contributed by atoms with Crippen LogP contribution in [-0.4, -0.2) is 34.0 Å². The van der Waals surface area contributed by atoms with Gasteiger partial charge in [0.2, 0.25) is 5.95 Å². The van der Waals surface area contributed by atoms with Crippen molar-refractivity contribution in [2.24, 2.45) is 0 Å². The lowest BCUT2D eigenvalue weighted by atomic mass is 9.95. The third kappa shape index (κ3) is 2.50. The van der Waals surface area contributed by atoms with Gasteiger partial charge in [-0.3, -0.25) is 4.79 Å². The van der Waals surface area contributed by atoms with E-state index in [1.54, 1.807) is 12.3 Å². The highest BCUT2D eigenvalue weighted by atomic mass is 32.1. The zero-order valence-corrected chi connectivity index (χ0v) is 12.6. The fourth-order valence-corrected chi connectivity index (χ4v) is 4.09. The quantitative estimate of drug-likeness (QED) is 0.849. The van der Waals surface area contributed by atoms with Gasteiger partial charge in [-0.05, 0) is 25.3 Å². The van der Waals surface area contributed by atoms with Gasteiger partial charge in [-0.2, -0.15) is 4.39 Å². The number of nitrogens with zero attached hydrogens (tertiary/aromatic N) is 2. The lowest BCUT2D eigenvalue weighted by Gasteiger charge is -2.20. The zero-order valence-electron chi connectivity index (χ0n) is 11.8. The average molecular weight is 318 g/mol. The summed E-state index contributed by atoms with van der Waals surface area (Å²) >= 11 is 1.27. The van der Waals surface area contributed by atoms with Crippen molar-refractivity contribution in [2.75, 3.05) is 0 Å². The first-order chi connectivity index (χ1) is 10.7. The van der Waals surface area contributed by atoms with Crippen LogP contribution in [-0.2, 0) is 0 Å². The summed E-state index contributed by atoms with van der Waals surface area (Å²) in [7, 11) is 0. The molecule has 0 spiro atoms. The highest BCUT2D eigenvalue weighted by Gasteiger charge is 2.39. The van der Waals surface area contributed by atoms with E-state index >= 15 is 0 Å². The number of pyridine rings is 1. The number of thiazole rings is 1. The van der Waals surface area contributed by atoms with Crippen molar-refractivity contribution >= 4 is 17.2 Å². The van der Waals surface area contributed by atoms with Crippen molar-refractivity contribution in [2.45, 2.75) is 37.4 Å². The van der Waals surface area contributed by atoms with Gasteiger partial charge in [0.15, 0.2) is 0 Å². The number of nitrogens with one attached hydrogen (secondary N) is 2.